The van der Waals surface area contributed by atoms with E-state index in [4.69, 9.17) is 5.26 Å². The topological polar surface area (TPSA) is 23.8 Å². The summed E-state index contributed by atoms with van der Waals surface area (Å²) in [5.41, 5.74) is 2.32. The molecule has 3 heteroatoms. The first-order chi connectivity index (χ1) is 16.1. The number of hydrogen-bond acceptors (Lipinski definition) is 1. The fourth-order valence-electron chi connectivity index (χ4n) is 5.36. The third-order valence-corrected chi connectivity index (χ3v) is 7.44. The van der Waals surface area contributed by atoms with Crippen LogP contribution in [0.5, 0.6) is 0 Å². The summed E-state index contributed by atoms with van der Waals surface area (Å²) in [7, 11) is 0. The summed E-state index contributed by atoms with van der Waals surface area (Å²) >= 11 is 0. The molecule has 3 aromatic carbocycles. The lowest BCUT2D eigenvalue weighted by Gasteiger charge is -2.28. The largest absolute Gasteiger partial charge is 0.206 e. The van der Waals surface area contributed by atoms with Gasteiger partial charge in [-0.15, -0.1) is 0 Å². The standard InChI is InChI=1S/C30H33F2N/c1-2-3-4-5-21-6-8-22(9-7-21)10-11-23-12-16-27(29(31)18-23)24-15-17-28-25(19-24)13-14-26(20-33)30(28)32/h12-19,21-22H,2-11H2,1H3. The first-order valence-corrected chi connectivity index (χ1v) is 12.5. The van der Waals surface area contributed by atoms with Crippen LogP contribution in [0.15, 0.2) is 48.5 Å². The van der Waals surface area contributed by atoms with Crippen molar-refractivity contribution in [3.8, 4) is 17.2 Å². The van der Waals surface area contributed by atoms with Crippen LogP contribution in [0, 0.1) is 34.8 Å². The van der Waals surface area contributed by atoms with Gasteiger partial charge in [-0.3, -0.25) is 0 Å². The van der Waals surface area contributed by atoms with Gasteiger partial charge in [0, 0.05) is 10.9 Å². The molecule has 1 fully saturated rings. The van der Waals surface area contributed by atoms with Crippen molar-refractivity contribution in [3.63, 3.8) is 0 Å². The molecule has 1 saturated carbocycles. The van der Waals surface area contributed by atoms with Gasteiger partial charge in [-0.05, 0) is 59.4 Å². The Balaban J connectivity index is 1.37. The van der Waals surface area contributed by atoms with E-state index in [0.717, 1.165) is 35.8 Å². The van der Waals surface area contributed by atoms with Crippen molar-refractivity contribution < 1.29 is 8.78 Å². The summed E-state index contributed by atoms with van der Waals surface area (Å²) in [5, 5.41) is 10.1. The monoisotopic (exact) mass is 445 g/mol. The van der Waals surface area contributed by atoms with Crippen molar-refractivity contribution in [2.75, 3.05) is 0 Å². The summed E-state index contributed by atoms with van der Waals surface area (Å²) in [5.74, 6) is 0.934. The van der Waals surface area contributed by atoms with E-state index in [-0.39, 0.29) is 11.4 Å². The Labute approximate surface area is 196 Å². The van der Waals surface area contributed by atoms with Crippen LogP contribution in [0.3, 0.4) is 0 Å². The lowest BCUT2D eigenvalue weighted by molar-refractivity contribution is 0.249. The summed E-state index contributed by atoms with van der Waals surface area (Å²) in [6.45, 7) is 2.27. The average Bonchev–Trinajstić information content (AvgIpc) is 2.84. The Hall–Kier alpha value is -2.73. The molecule has 0 bridgehead atoms. The molecular formula is C30H33F2N. The van der Waals surface area contributed by atoms with Crippen LogP contribution < -0.4 is 0 Å². The second-order valence-electron chi connectivity index (χ2n) is 9.71. The number of benzene rings is 3. The number of fused-ring (bicyclic) bond motifs is 1. The number of nitriles is 1. The first-order valence-electron chi connectivity index (χ1n) is 12.5. The van der Waals surface area contributed by atoms with Gasteiger partial charge in [-0.25, -0.2) is 8.78 Å². The van der Waals surface area contributed by atoms with Crippen LogP contribution in [0.2, 0.25) is 0 Å². The molecule has 0 spiro atoms. The van der Waals surface area contributed by atoms with Crippen molar-refractivity contribution in [3.05, 3.63) is 71.3 Å². The van der Waals surface area contributed by atoms with Gasteiger partial charge in [0.05, 0.1) is 5.56 Å². The minimum Gasteiger partial charge on any atom is -0.206 e. The number of hydrogen-bond donors (Lipinski definition) is 0. The Bertz CT molecular complexity index is 1140. The SMILES string of the molecule is CCCCCC1CCC(CCc2ccc(-c3ccc4c(F)c(C#N)ccc4c3)c(F)c2)CC1. The van der Waals surface area contributed by atoms with Crippen LogP contribution in [0.25, 0.3) is 21.9 Å². The quantitative estimate of drug-likeness (QED) is 0.317. The molecule has 0 N–H and O–H groups in total. The molecule has 0 unspecified atom stereocenters. The van der Waals surface area contributed by atoms with Crippen molar-refractivity contribution in [2.24, 2.45) is 11.8 Å². The second-order valence-corrected chi connectivity index (χ2v) is 9.71. The molecule has 172 valence electrons. The van der Waals surface area contributed by atoms with E-state index in [2.05, 4.69) is 6.92 Å². The zero-order chi connectivity index (χ0) is 23.2. The Morgan fingerprint density at radius 1 is 0.879 bits per heavy atom. The van der Waals surface area contributed by atoms with Crippen LogP contribution in [-0.2, 0) is 6.42 Å². The van der Waals surface area contributed by atoms with E-state index < -0.39 is 5.82 Å². The summed E-state index contributed by atoms with van der Waals surface area (Å²) in [6.07, 6.45) is 12.8. The highest BCUT2D eigenvalue weighted by molar-refractivity contribution is 5.89. The van der Waals surface area contributed by atoms with Gasteiger partial charge in [-0.2, -0.15) is 5.26 Å². The van der Waals surface area contributed by atoms with Crippen LogP contribution in [-0.4, -0.2) is 0 Å². The maximum Gasteiger partial charge on any atom is 0.148 e. The van der Waals surface area contributed by atoms with Crippen molar-refractivity contribution in [1.82, 2.24) is 0 Å². The minimum atomic E-state index is -0.521. The highest BCUT2D eigenvalue weighted by Gasteiger charge is 2.21. The minimum absolute atomic E-state index is 0.0239. The molecular weight excluding hydrogens is 412 g/mol. The summed E-state index contributed by atoms with van der Waals surface area (Å²) in [6, 6.07) is 15.7. The van der Waals surface area contributed by atoms with Crippen molar-refractivity contribution in [2.45, 2.75) is 71.1 Å². The molecule has 1 aliphatic rings. The number of nitrogens with zero attached hydrogens (tertiary/aromatic N) is 1. The van der Waals surface area contributed by atoms with Crippen LogP contribution >= 0.6 is 0 Å². The average molecular weight is 446 g/mol. The number of unbranched alkanes of at least 4 members (excludes halogenated alkanes) is 2. The second kappa shape index (κ2) is 10.9. The molecule has 0 atom stereocenters. The zero-order valence-electron chi connectivity index (χ0n) is 19.5. The Kier molecular flexibility index (Phi) is 7.76. The number of halogens is 2. The lowest BCUT2D eigenvalue weighted by Crippen LogP contribution is -2.15. The number of aryl methyl sites for hydroxylation is 1. The molecule has 0 aliphatic heterocycles. The third-order valence-electron chi connectivity index (χ3n) is 7.44. The predicted octanol–water partition coefficient (Wildman–Crippen LogP) is 8.98. The molecule has 0 radical (unpaired) electrons. The van der Waals surface area contributed by atoms with E-state index in [1.807, 2.05) is 18.2 Å². The maximum absolute atomic E-state index is 15.0. The Morgan fingerprint density at radius 3 is 2.33 bits per heavy atom. The molecule has 33 heavy (non-hydrogen) atoms. The summed E-state index contributed by atoms with van der Waals surface area (Å²) < 4.78 is 29.3. The van der Waals surface area contributed by atoms with Gasteiger partial charge in [0.15, 0.2) is 0 Å². The van der Waals surface area contributed by atoms with Crippen molar-refractivity contribution in [1.29, 1.82) is 5.26 Å². The molecule has 0 aromatic heterocycles. The normalized spacial score (nSPS) is 18.4. The predicted molar refractivity (Wildman–Crippen MR) is 132 cm³/mol. The molecule has 4 rings (SSSR count). The lowest BCUT2D eigenvalue weighted by atomic mass is 9.78. The smallest absolute Gasteiger partial charge is 0.148 e. The highest BCUT2D eigenvalue weighted by atomic mass is 19.1. The van der Waals surface area contributed by atoms with Gasteiger partial charge >= 0.3 is 0 Å². The van der Waals surface area contributed by atoms with Crippen LogP contribution in [0.1, 0.15) is 75.8 Å². The van der Waals surface area contributed by atoms with E-state index in [1.54, 1.807) is 30.3 Å². The molecule has 0 amide bonds. The van der Waals surface area contributed by atoms with Crippen molar-refractivity contribution >= 4 is 10.8 Å². The van der Waals surface area contributed by atoms with Gasteiger partial charge in [0.1, 0.15) is 17.7 Å². The molecule has 1 nitrogen and oxygen atoms in total. The van der Waals surface area contributed by atoms with E-state index in [9.17, 15) is 8.78 Å². The van der Waals surface area contributed by atoms with Gasteiger partial charge in [-0.1, -0.05) is 88.6 Å². The Morgan fingerprint density at radius 2 is 1.64 bits per heavy atom. The molecule has 1 aliphatic carbocycles. The molecule has 0 saturated heterocycles. The molecule has 3 aromatic rings. The fraction of sp³-hybridized carbons (Fsp3) is 0.433. The van der Waals surface area contributed by atoms with Gasteiger partial charge in [0.2, 0.25) is 0 Å². The van der Waals surface area contributed by atoms with Gasteiger partial charge in [0.25, 0.3) is 0 Å². The zero-order valence-corrected chi connectivity index (χ0v) is 19.5. The molecule has 0 heterocycles. The fourth-order valence-corrected chi connectivity index (χ4v) is 5.36. The highest BCUT2D eigenvalue weighted by Crippen LogP contribution is 2.35. The number of rotatable bonds is 8. The maximum atomic E-state index is 15.0. The first kappa shape index (κ1) is 23.4. The third kappa shape index (κ3) is 5.61. The van der Waals surface area contributed by atoms with E-state index in [1.165, 1.54) is 57.4 Å². The van der Waals surface area contributed by atoms with E-state index in [0.29, 0.717) is 16.3 Å². The van der Waals surface area contributed by atoms with Crippen LogP contribution in [0.4, 0.5) is 8.78 Å². The van der Waals surface area contributed by atoms with E-state index >= 15 is 0 Å². The summed E-state index contributed by atoms with van der Waals surface area (Å²) in [4.78, 5) is 0. The van der Waals surface area contributed by atoms with Gasteiger partial charge < -0.3 is 0 Å².